The number of carboxylic acids is 1. The van der Waals surface area contributed by atoms with E-state index in [0.717, 1.165) is 0 Å². The molecule has 2 N–H and O–H groups in total. The lowest BCUT2D eigenvalue weighted by Gasteiger charge is -2.09. The fraction of sp³-hybridized carbons (Fsp3) is 0.133. The second kappa shape index (κ2) is 6.48. The number of carbonyl (C=O) groups is 1. The molecule has 0 aliphatic heterocycles. The van der Waals surface area contributed by atoms with Gasteiger partial charge in [-0.15, -0.1) is 0 Å². The van der Waals surface area contributed by atoms with Gasteiger partial charge in [-0.3, -0.25) is 9.52 Å². The summed E-state index contributed by atoms with van der Waals surface area (Å²) in [6, 6.07) is 12.3. The summed E-state index contributed by atoms with van der Waals surface area (Å²) >= 11 is 0. The smallest absolute Gasteiger partial charge is 0.307 e. The van der Waals surface area contributed by atoms with E-state index in [-0.39, 0.29) is 11.3 Å². The van der Waals surface area contributed by atoms with E-state index in [0.29, 0.717) is 17.0 Å². The molecule has 116 valence electrons. The highest BCUT2D eigenvalue weighted by molar-refractivity contribution is 7.92. The van der Waals surface area contributed by atoms with E-state index >= 15 is 0 Å². The van der Waals surface area contributed by atoms with E-state index in [1.165, 1.54) is 25.3 Å². The number of rotatable bonds is 6. The molecule has 7 heteroatoms. The van der Waals surface area contributed by atoms with Gasteiger partial charge in [0.15, 0.2) is 0 Å². The van der Waals surface area contributed by atoms with E-state index < -0.39 is 16.0 Å². The Labute approximate surface area is 128 Å². The first kappa shape index (κ1) is 15.8. The Morgan fingerprint density at radius 1 is 1.18 bits per heavy atom. The molecular formula is C15H15NO5S. The topological polar surface area (TPSA) is 92.7 Å². The quantitative estimate of drug-likeness (QED) is 0.850. The van der Waals surface area contributed by atoms with Crippen LogP contribution in [0, 0.1) is 0 Å². The molecule has 0 radical (unpaired) electrons. The Hall–Kier alpha value is -2.54. The van der Waals surface area contributed by atoms with Crippen molar-refractivity contribution in [2.24, 2.45) is 0 Å². The number of benzene rings is 2. The van der Waals surface area contributed by atoms with Crippen LogP contribution in [0.3, 0.4) is 0 Å². The minimum absolute atomic E-state index is 0.0944. The first-order chi connectivity index (χ1) is 10.4. The van der Waals surface area contributed by atoms with E-state index in [2.05, 4.69) is 4.72 Å². The van der Waals surface area contributed by atoms with Gasteiger partial charge in [-0.2, -0.15) is 0 Å². The predicted octanol–water partition coefficient (Wildman–Crippen LogP) is 2.12. The molecule has 2 aromatic carbocycles. The number of hydrogen-bond acceptors (Lipinski definition) is 4. The molecule has 0 spiro atoms. The van der Waals surface area contributed by atoms with Crippen molar-refractivity contribution in [2.75, 3.05) is 11.8 Å². The highest BCUT2D eigenvalue weighted by Crippen LogP contribution is 2.20. The van der Waals surface area contributed by atoms with Crippen LogP contribution in [-0.2, 0) is 21.2 Å². The molecule has 0 fully saturated rings. The van der Waals surface area contributed by atoms with E-state index in [1.54, 1.807) is 30.3 Å². The predicted molar refractivity (Wildman–Crippen MR) is 81.6 cm³/mol. The summed E-state index contributed by atoms with van der Waals surface area (Å²) in [4.78, 5) is 10.8. The molecule has 0 aromatic heterocycles. The molecule has 0 saturated carbocycles. The number of ether oxygens (including phenoxy) is 1. The fourth-order valence-corrected chi connectivity index (χ4v) is 2.94. The molecule has 0 heterocycles. The van der Waals surface area contributed by atoms with Gasteiger partial charge in [0.25, 0.3) is 10.0 Å². The maximum atomic E-state index is 12.3. The standard InChI is InChI=1S/C15H15NO5S/c1-21-13-5-7-14(8-6-13)22(19,20)16-12-4-2-3-11(9-12)10-15(17)18/h2-9,16H,10H2,1H3,(H,17,18). The number of sulfonamides is 1. The number of nitrogens with one attached hydrogen (secondary N) is 1. The van der Waals surface area contributed by atoms with Crippen LogP contribution < -0.4 is 9.46 Å². The maximum absolute atomic E-state index is 12.3. The molecular weight excluding hydrogens is 306 g/mol. The largest absolute Gasteiger partial charge is 0.497 e. The SMILES string of the molecule is COc1ccc(S(=O)(=O)Nc2cccc(CC(=O)O)c2)cc1. The molecule has 2 rings (SSSR count). The van der Waals surface area contributed by atoms with E-state index in [1.807, 2.05) is 0 Å². The third-order valence-corrected chi connectivity index (χ3v) is 4.30. The number of anilines is 1. The first-order valence-corrected chi connectivity index (χ1v) is 7.86. The Morgan fingerprint density at radius 2 is 1.86 bits per heavy atom. The third kappa shape index (κ3) is 3.98. The van der Waals surface area contributed by atoms with Crippen LogP contribution in [-0.4, -0.2) is 26.6 Å². The number of hydrogen-bond donors (Lipinski definition) is 2. The lowest BCUT2D eigenvalue weighted by atomic mass is 10.1. The Bertz CT molecular complexity index is 769. The van der Waals surface area contributed by atoms with Crippen LogP contribution in [0.2, 0.25) is 0 Å². The molecule has 0 amide bonds. The summed E-state index contributed by atoms with van der Waals surface area (Å²) < 4.78 is 31.9. The van der Waals surface area contributed by atoms with Crippen molar-refractivity contribution < 1.29 is 23.1 Å². The van der Waals surface area contributed by atoms with Crippen molar-refractivity contribution in [3.05, 3.63) is 54.1 Å². The molecule has 22 heavy (non-hydrogen) atoms. The van der Waals surface area contributed by atoms with Gasteiger partial charge < -0.3 is 9.84 Å². The van der Waals surface area contributed by atoms with Crippen LogP contribution in [0.25, 0.3) is 0 Å². The Balaban J connectivity index is 2.22. The van der Waals surface area contributed by atoms with Crippen molar-refractivity contribution in [1.29, 1.82) is 0 Å². The summed E-state index contributed by atoms with van der Waals surface area (Å²) in [5.74, 6) is -0.419. The zero-order chi connectivity index (χ0) is 16.2. The number of carboxylic acid groups (broad SMARTS) is 1. The van der Waals surface area contributed by atoms with Crippen LogP contribution in [0.15, 0.2) is 53.4 Å². The van der Waals surface area contributed by atoms with Crippen molar-refractivity contribution >= 4 is 21.7 Å². The van der Waals surface area contributed by atoms with Crippen LogP contribution >= 0.6 is 0 Å². The van der Waals surface area contributed by atoms with Gasteiger partial charge in [-0.25, -0.2) is 8.42 Å². The number of methoxy groups -OCH3 is 1. The molecule has 2 aromatic rings. The van der Waals surface area contributed by atoms with Crippen molar-refractivity contribution in [3.63, 3.8) is 0 Å². The Morgan fingerprint density at radius 3 is 2.45 bits per heavy atom. The summed E-state index contributed by atoms with van der Waals surface area (Å²) in [6.07, 6.45) is -0.169. The average Bonchev–Trinajstić information content (AvgIpc) is 2.46. The van der Waals surface area contributed by atoms with E-state index in [9.17, 15) is 13.2 Å². The van der Waals surface area contributed by atoms with Gasteiger partial charge in [0, 0.05) is 5.69 Å². The summed E-state index contributed by atoms with van der Waals surface area (Å²) in [6.45, 7) is 0. The second-order valence-corrected chi connectivity index (χ2v) is 6.23. The van der Waals surface area contributed by atoms with Gasteiger partial charge in [0.2, 0.25) is 0 Å². The van der Waals surface area contributed by atoms with Gasteiger partial charge in [0.1, 0.15) is 5.75 Å². The summed E-state index contributed by atoms with van der Waals surface area (Å²) in [7, 11) is -2.24. The highest BCUT2D eigenvalue weighted by atomic mass is 32.2. The fourth-order valence-electron chi connectivity index (χ4n) is 1.89. The second-order valence-electron chi connectivity index (χ2n) is 4.55. The van der Waals surface area contributed by atoms with Crippen molar-refractivity contribution in [2.45, 2.75) is 11.3 Å². The van der Waals surface area contributed by atoms with Gasteiger partial charge in [0.05, 0.1) is 18.4 Å². The number of aliphatic carboxylic acids is 1. The van der Waals surface area contributed by atoms with Crippen molar-refractivity contribution in [3.8, 4) is 5.75 Å². The lowest BCUT2D eigenvalue weighted by Crippen LogP contribution is -2.13. The molecule has 0 atom stereocenters. The summed E-state index contributed by atoms with van der Waals surface area (Å²) in [5.41, 5.74) is 0.831. The van der Waals surface area contributed by atoms with Crippen molar-refractivity contribution in [1.82, 2.24) is 0 Å². The molecule has 0 aliphatic carbocycles. The van der Waals surface area contributed by atoms with Gasteiger partial charge in [-0.05, 0) is 42.0 Å². The van der Waals surface area contributed by atoms with Gasteiger partial charge >= 0.3 is 5.97 Å². The molecule has 0 bridgehead atoms. The summed E-state index contributed by atoms with van der Waals surface area (Å²) in [5, 5.41) is 8.77. The van der Waals surface area contributed by atoms with Crippen LogP contribution in [0.5, 0.6) is 5.75 Å². The third-order valence-electron chi connectivity index (χ3n) is 2.90. The molecule has 0 unspecified atom stereocenters. The first-order valence-electron chi connectivity index (χ1n) is 6.38. The maximum Gasteiger partial charge on any atom is 0.307 e. The van der Waals surface area contributed by atoms with Crippen LogP contribution in [0.4, 0.5) is 5.69 Å². The lowest BCUT2D eigenvalue weighted by molar-refractivity contribution is -0.136. The molecule has 0 saturated heterocycles. The van der Waals surface area contributed by atoms with Crippen LogP contribution in [0.1, 0.15) is 5.56 Å². The minimum Gasteiger partial charge on any atom is -0.497 e. The normalized spacial score (nSPS) is 11.0. The monoisotopic (exact) mass is 321 g/mol. The highest BCUT2D eigenvalue weighted by Gasteiger charge is 2.14. The van der Waals surface area contributed by atoms with Gasteiger partial charge in [-0.1, -0.05) is 12.1 Å². The molecule has 0 aliphatic rings. The average molecular weight is 321 g/mol. The Kier molecular flexibility index (Phi) is 4.67. The zero-order valence-electron chi connectivity index (χ0n) is 11.8. The minimum atomic E-state index is -3.74. The molecule has 6 nitrogen and oxygen atoms in total. The van der Waals surface area contributed by atoms with E-state index in [4.69, 9.17) is 9.84 Å². The zero-order valence-corrected chi connectivity index (χ0v) is 12.6.